The molecule has 0 spiro atoms. The van der Waals surface area contributed by atoms with Crippen molar-refractivity contribution < 1.29 is 4.21 Å². The molecule has 0 saturated carbocycles. The van der Waals surface area contributed by atoms with Crippen LogP contribution in [0, 0.1) is 0 Å². The maximum absolute atomic E-state index is 10.3. The molecule has 1 fully saturated rings. The van der Waals surface area contributed by atoms with Gasteiger partial charge in [0.2, 0.25) is 0 Å². The van der Waals surface area contributed by atoms with E-state index in [2.05, 4.69) is 0 Å². The first-order valence-corrected chi connectivity index (χ1v) is 3.40. The van der Waals surface area contributed by atoms with E-state index in [-0.39, 0.29) is 0 Å². The third-order valence-electron chi connectivity index (χ3n) is 1.32. The Labute approximate surface area is 40.2 Å². The van der Waals surface area contributed by atoms with Gasteiger partial charge in [-0.1, -0.05) is 0 Å². The minimum Gasteiger partial charge on any atom is -0.259 e. The average Bonchev–Trinajstić information content (AvgIpc) is 1.94. The van der Waals surface area contributed by atoms with Crippen molar-refractivity contribution in [2.45, 2.75) is 24.3 Å². The van der Waals surface area contributed by atoms with E-state index in [4.69, 9.17) is 0 Å². The summed E-state index contributed by atoms with van der Waals surface area (Å²) in [4.78, 5) is 0. The van der Waals surface area contributed by atoms with Gasteiger partial charge < -0.3 is 0 Å². The molecule has 1 aliphatic heterocycles. The summed E-state index contributed by atoms with van der Waals surface area (Å²) in [5.74, 6) is 0. The third kappa shape index (κ3) is 0.400. The minimum absolute atomic E-state index is 0.451. The van der Waals surface area contributed by atoms with E-state index in [9.17, 15) is 4.21 Å². The zero-order valence-corrected chi connectivity index (χ0v) is 4.79. The summed E-state index contributed by atoms with van der Waals surface area (Å²) in [6, 6.07) is 0. The molecule has 0 radical (unpaired) electrons. The van der Waals surface area contributed by atoms with Crippen LogP contribution in [0.5, 0.6) is 0 Å². The molecule has 1 nitrogen and oxygen atoms in total. The highest BCUT2D eigenvalue weighted by Crippen LogP contribution is 2.25. The van der Waals surface area contributed by atoms with Gasteiger partial charge in [0.1, 0.15) is 0 Å². The molecule has 1 rings (SSSR count). The van der Waals surface area contributed by atoms with Crippen molar-refractivity contribution >= 4 is 10.8 Å². The van der Waals surface area contributed by atoms with Crippen molar-refractivity contribution in [1.29, 1.82) is 0 Å². The van der Waals surface area contributed by atoms with Gasteiger partial charge in [-0.05, 0) is 13.8 Å². The number of hydrogen-bond donors (Lipinski definition) is 0. The van der Waals surface area contributed by atoms with E-state index in [0.29, 0.717) is 10.5 Å². The van der Waals surface area contributed by atoms with E-state index < -0.39 is 10.8 Å². The molecule has 0 aliphatic carbocycles. The Kier molecular flexibility index (Phi) is 0.761. The molecule has 0 aromatic rings. The van der Waals surface area contributed by atoms with Gasteiger partial charge in [0.15, 0.2) is 0 Å². The van der Waals surface area contributed by atoms with Crippen LogP contribution in [0.2, 0.25) is 0 Å². The monoisotopic (exact) mass is 104 g/mol. The Balaban J connectivity index is 2.51. The molecule has 2 atom stereocenters. The molecule has 1 aliphatic rings. The zero-order chi connectivity index (χ0) is 4.73. The molecule has 0 N–H and O–H groups in total. The van der Waals surface area contributed by atoms with Crippen LogP contribution in [0.15, 0.2) is 0 Å². The molecule has 1 heterocycles. The summed E-state index contributed by atoms with van der Waals surface area (Å²) in [7, 11) is -0.451. The Bertz CT molecular complexity index is 79.5. The van der Waals surface area contributed by atoms with Crippen molar-refractivity contribution in [3.05, 3.63) is 0 Å². The molecular weight excluding hydrogens is 96.1 g/mol. The van der Waals surface area contributed by atoms with Crippen molar-refractivity contribution in [3.8, 4) is 0 Å². The fraction of sp³-hybridized carbons (Fsp3) is 1.00. The summed E-state index contributed by atoms with van der Waals surface area (Å²) in [5, 5.41) is 0.981. The average molecular weight is 104 g/mol. The number of hydrogen-bond acceptors (Lipinski definition) is 1. The Morgan fingerprint density at radius 2 is 1.50 bits per heavy atom. The smallest absolute Gasteiger partial charge is 0.0463 e. The highest BCUT2D eigenvalue weighted by molar-refractivity contribution is 7.93. The second-order valence-corrected chi connectivity index (χ2v) is 3.88. The molecule has 0 aromatic heterocycles. The van der Waals surface area contributed by atoms with Crippen molar-refractivity contribution in [2.24, 2.45) is 0 Å². The van der Waals surface area contributed by atoms with Crippen LogP contribution in [-0.2, 0) is 10.8 Å². The fourth-order valence-corrected chi connectivity index (χ4v) is 1.42. The minimum atomic E-state index is -0.451. The van der Waals surface area contributed by atoms with E-state index in [1.165, 1.54) is 0 Å². The van der Waals surface area contributed by atoms with Gasteiger partial charge in [0, 0.05) is 21.3 Å². The topological polar surface area (TPSA) is 17.1 Å². The molecule has 0 bridgehead atoms. The van der Waals surface area contributed by atoms with Gasteiger partial charge >= 0.3 is 0 Å². The molecule has 0 aromatic carbocycles. The highest BCUT2D eigenvalue weighted by Gasteiger charge is 2.38. The van der Waals surface area contributed by atoms with Crippen LogP contribution in [0.4, 0.5) is 0 Å². The Morgan fingerprint density at radius 3 is 1.50 bits per heavy atom. The van der Waals surface area contributed by atoms with Crippen LogP contribution < -0.4 is 0 Å². The first-order chi connectivity index (χ1) is 2.73. The van der Waals surface area contributed by atoms with Crippen LogP contribution in [0.1, 0.15) is 13.8 Å². The van der Waals surface area contributed by atoms with Gasteiger partial charge in [-0.25, -0.2) is 0 Å². The van der Waals surface area contributed by atoms with Gasteiger partial charge in [-0.3, -0.25) is 4.21 Å². The lowest BCUT2D eigenvalue weighted by molar-refractivity contribution is 0.692. The van der Waals surface area contributed by atoms with E-state index in [1.807, 2.05) is 13.8 Å². The molecule has 36 valence electrons. The van der Waals surface area contributed by atoms with Gasteiger partial charge in [0.25, 0.3) is 0 Å². The predicted octanol–water partition coefficient (Wildman–Crippen LogP) is 0.526. The summed E-state index contributed by atoms with van der Waals surface area (Å²) in [5.41, 5.74) is 0. The van der Waals surface area contributed by atoms with Crippen molar-refractivity contribution in [1.82, 2.24) is 0 Å². The van der Waals surface area contributed by atoms with Gasteiger partial charge in [-0.15, -0.1) is 0 Å². The Hall–Kier alpha value is 0.150. The molecular formula is C4H8OS. The molecule has 0 amide bonds. The maximum atomic E-state index is 10.3. The summed E-state index contributed by atoms with van der Waals surface area (Å²) < 4.78 is 10.3. The summed E-state index contributed by atoms with van der Waals surface area (Å²) in [6.07, 6.45) is 0. The van der Waals surface area contributed by atoms with E-state index >= 15 is 0 Å². The zero-order valence-electron chi connectivity index (χ0n) is 3.97. The molecule has 6 heavy (non-hydrogen) atoms. The lowest BCUT2D eigenvalue weighted by atomic mass is 10.4. The van der Waals surface area contributed by atoms with Crippen molar-refractivity contribution in [3.63, 3.8) is 0 Å². The maximum Gasteiger partial charge on any atom is 0.0463 e. The third-order valence-corrected chi connectivity index (χ3v) is 3.29. The standard InChI is InChI=1S/C4H8OS/c1-3-4(2)6(3)5/h3-4H,1-2H3/t3-,4-/m1/s1. The quantitative estimate of drug-likeness (QED) is 0.410. The van der Waals surface area contributed by atoms with Crippen LogP contribution in [0.25, 0.3) is 0 Å². The van der Waals surface area contributed by atoms with Gasteiger partial charge in [-0.2, -0.15) is 0 Å². The van der Waals surface area contributed by atoms with Crippen LogP contribution in [0.3, 0.4) is 0 Å². The van der Waals surface area contributed by atoms with E-state index in [1.54, 1.807) is 0 Å². The van der Waals surface area contributed by atoms with E-state index in [0.717, 1.165) is 0 Å². The highest BCUT2D eigenvalue weighted by atomic mass is 32.2. The lowest BCUT2D eigenvalue weighted by Crippen LogP contribution is -1.74. The molecule has 1 saturated heterocycles. The summed E-state index contributed by atoms with van der Waals surface area (Å²) in [6.45, 7) is 4.03. The lowest BCUT2D eigenvalue weighted by Gasteiger charge is -1.60. The molecule has 0 unspecified atom stereocenters. The predicted molar refractivity (Wildman–Crippen MR) is 27.1 cm³/mol. The van der Waals surface area contributed by atoms with Crippen LogP contribution >= 0.6 is 0 Å². The van der Waals surface area contributed by atoms with Gasteiger partial charge in [0.05, 0.1) is 0 Å². The second kappa shape index (κ2) is 1.06. The number of rotatable bonds is 0. The van der Waals surface area contributed by atoms with Crippen molar-refractivity contribution in [2.75, 3.05) is 0 Å². The second-order valence-electron chi connectivity index (χ2n) is 1.74. The largest absolute Gasteiger partial charge is 0.259 e. The molecule has 2 heteroatoms. The summed E-state index contributed by atoms with van der Waals surface area (Å²) >= 11 is 0. The van der Waals surface area contributed by atoms with Crippen LogP contribution in [-0.4, -0.2) is 14.7 Å². The normalized spacial score (nSPS) is 55.3. The Morgan fingerprint density at radius 1 is 1.33 bits per heavy atom. The SMILES string of the molecule is C[C@@H]1[C@@H](C)S1=O. The fourth-order valence-electron chi connectivity index (χ4n) is 0.427. The first kappa shape index (κ1) is 4.31. The first-order valence-electron chi connectivity index (χ1n) is 2.13.